The van der Waals surface area contributed by atoms with Crippen LogP contribution in [0.25, 0.3) is 10.9 Å². The number of hydrogen-bond donors (Lipinski definition) is 1. The summed E-state index contributed by atoms with van der Waals surface area (Å²) in [6, 6.07) is 18.2. The molecule has 0 atom stereocenters. The Balaban J connectivity index is 1.29. The van der Waals surface area contributed by atoms with E-state index in [-0.39, 0.29) is 11.8 Å². The Labute approximate surface area is 215 Å². The maximum absolute atomic E-state index is 13.5. The second-order valence-electron chi connectivity index (χ2n) is 9.84. The number of aromatic nitrogens is 3. The van der Waals surface area contributed by atoms with Gasteiger partial charge in [-0.25, -0.2) is 0 Å². The molecule has 8 heteroatoms. The molecule has 0 bridgehead atoms. The largest absolute Gasteiger partial charge is 0.378 e. The monoisotopic (exact) mass is 497 g/mol. The number of fused-ring (bicyclic) bond motifs is 2. The molecule has 1 fully saturated rings. The van der Waals surface area contributed by atoms with Gasteiger partial charge < -0.3 is 19.5 Å². The number of nitrogens with zero attached hydrogens (tertiary/aromatic N) is 4. The Hall–Kier alpha value is -3.91. The highest BCUT2D eigenvalue weighted by Gasteiger charge is 2.32. The summed E-state index contributed by atoms with van der Waals surface area (Å²) in [5.41, 5.74) is 6.63. The predicted molar refractivity (Wildman–Crippen MR) is 140 cm³/mol. The lowest BCUT2D eigenvalue weighted by molar-refractivity contribution is -0.131. The fourth-order valence-corrected chi connectivity index (χ4v) is 5.50. The van der Waals surface area contributed by atoms with Gasteiger partial charge in [-0.15, -0.1) is 0 Å². The minimum Gasteiger partial charge on any atom is -0.378 e. The Morgan fingerprint density at radius 3 is 2.54 bits per heavy atom. The third kappa shape index (κ3) is 4.53. The molecular weight excluding hydrogens is 466 g/mol. The molecule has 8 nitrogen and oxygen atoms in total. The number of aryl methyl sites for hydroxylation is 1. The number of amides is 2. The SMILES string of the molecule is Cc1[nH]c2ccccc2c1CC(=O)N1CCc2c(c(C(=O)N3CCOCC3)nn2Cc2ccccc2)C1. The standard InChI is InChI=1S/C29H31N5O3/c1-20-23(22-9-5-6-10-25(22)30-20)17-27(35)33-12-11-26-24(19-33)28(29(36)32-13-15-37-16-14-32)31-34(26)18-21-7-3-2-4-8-21/h2-10,30H,11-19H2,1H3. The van der Waals surface area contributed by atoms with Crippen molar-refractivity contribution < 1.29 is 14.3 Å². The molecule has 37 heavy (non-hydrogen) atoms. The van der Waals surface area contributed by atoms with Crippen LogP contribution in [-0.2, 0) is 35.5 Å². The fourth-order valence-electron chi connectivity index (χ4n) is 5.50. The molecule has 6 rings (SSSR count). The number of ether oxygens (including phenoxy) is 1. The van der Waals surface area contributed by atoms with Crippen molar-refractivity contribution in [3.8, 4) is 0 Å². The Bertz CT molecular complexity index is 1450. The van der Waals surface area contributed by atoms with E-state index in [1.807, 2.05) is 57.8 Å². The number of carbonyl (C=O) groups excluding carboxylic acids is 2. The van der Waals surface area contributed by atoms with Gasteiger partial charge in [-0.2, -0.15) is 5.10 Å². The van der Waals surface area contributed by atoms with Crippen molar-refractivity contribution in [2.24, 2.45) is 0 Å². The van der Waals surface area contributed by atoms with Crippen molar-refractivity contribution in [3.05, 3.63) is 88.4 Å². The molecule has 2 aliphatic heterocycles. The van der Waals surface area contributed by atoms with Crippen molar-refractivity contribution in [2.75, 3.05) is 32.8 Å². The molecule has 2 aliphatic rings. The summed E-state index contributed by atoms with van der Waals surface area (Å²) in [5.74, 6) is -0.00721. The first-order valence-corrected chi connectivity index (χ1v) is 12.9. The van der Waals surface area contributed by atoms with Crippen LogP contribution in [0.2, 0.25) is 0 Å². The molecule has 4 aromatic rings. The van der Waals surface area contributed by atoms with Crippen LogP contribution in [0.1, 0.15) is 38.6 Å². The van der Waals surface area contributed by atoms with E-state index in [0.29, 0.717) is 64.5 Å². The highest BCUT2D eigenvalue weighted by molar-refractivity contribution is 5.95. The Morgan fingerprint density at radius 1 is 0.973 bits per heavy atom. The lowest BCUT2D eigenvalue weighted by Crippen LogP contribution is -2.42. The van der Waals surface area contributed by atoms with Gasteiger partial charge in [0.25, 0.3) is 5.91 Å². The first-order chi connectivity index (χ1) is 18.1. The third-order valence-electron chi connectivity index (χ3n) is 7.52. The van der Waals surface area contributed by atoms with Crippen LogP contribution in [0.5, 0.6) is 0 Å². The van der Waals surface area contributed by atoms with Crippen molar-refractivity contribution in [1.29, 1.82) is 0 Å². The predicted octanol–water partition coefficient (Wildman–Crippen LogP) is 3.32. The van der Waals surface area contributed by atoms with E-state index < -0.39 is 0 Å². The number of benzene rings is 2. The van der Waals surface area contributed by atoms with Gasteiger partial charge in [-0.1, -0.05) is 48.5 Å². The molecule has 0 saturated carbocycles. The summed E-state index contributed by atoms with van der Waals surface area (Å²) in [5, 5.41) is 5.92. The van der Waals surface area contributed by atoms with Gasteiger partial charge in [0.05, 0.1) is 26.2 Å². The highest BCUT2D eigenvalue weighted by atomic mass is 16.5. The highest BCUT2D eigenvalue weighted by Crippen LogP contribution is 2.27. The van der Waals surface area contributed by atoms with Crippen LogP contribution in [0, 0.1) is 6.92 Å². The number of para-hydroxylation sites is 1. The van der Waals surface area contributed by atoms with Crippen LogP contribution in [-0.4, -0.2) is 69.2 Å². The number of carbonyl (C=O) groups is 2. The van der Waals surface area contributed by atoms with Crippen molar-refractivity contribution in [2.45, 2.75) is 32.9 Å². The zero-order valence-electron chi connectivity index (χ0n) is 21.1. The topological polar surface area (TPSA) is 83.5 Å². The number of aromatic amines is 1. The number of nitrogens with one attached hydrogen (secondary N) is 1. The van der Waals surface area contributed by atoms with Crippen LogP contribution in [0.3, 0.4) is 0 Å². The molecular formula is C29H31N5O3. The molecule has 2 amide bonds. The van der Waals surface area contributed by atoms with Crippen molar-refractivity contribution in [1.82, 2.24) is 24.6 Å². The van der Waals surface area contributed by atoms with Crippen molar-refractivity contribution >= 4 is 22.7 Å². The number of rotatable bonds is 5. The second-order valence-corrected chi connectivity index (χ2v) is 9.84. The fraction of sp³-hybridized carbons (Fsp3) is 0.345. The number of H-pyrrole nitrogens is 1. The zero-order chi connectivity index (χ0) is 25.4. The Morgan fingerprint density at radius 2 is 1.73 bits per heavy atom. The molecule has 2 aromatic heterocycles. The van der Waals surface area contributed by atoms with Gasteiger partial charge in [0.15, 0.2) is 5.69 Å². The number of hydrogen-bond acceptors (Lipinski definition) is 4. The van der Waals surface area contributed by atoms with Gasteiger partial charge in [-0.05, 0) is 24.1 Å². The van der Waals surface area contributed by atoms with Gasteiger partial charge in [-0.3, -0.25) is 14.3 Å². The van der Waals surface area contributed by atoms with Crippen LogP contribution >= 0.6 is 0 Å². The quantitative estimate of drug-likeness (QED) is 0.459. The van der Waals surface area contributed by atoms with E-state index in [0.717, 1.165) is 39.0 Å². The number of morpholine rings is 1. The minimum absolute atomic E-state index is 0.0686. The van der Waals surface area contributed by atoms with Gasteiger partial charge >= 0.3 is 0 Å². The van der Waals surface area contributed by atoms with Gasteiger partial charge in [0, 0.05) is 60.5 Å². The summed E-state index contributed by atoms with van der Waals surface area (Å²) in [6.45, 7) is 5.81. The molecule has 1 saturated heterocycles. The molecule has 0 spiro atoms. The minimum atomic E-state index is -0.0758. The molecule has 1 N–H and O–H groups in total. The second kappa shape index (κ2) is 9.86. The molecule has 2 aromatic carbocycles. The smallest absolute Gasteiger partial charge is 0.274 e. The van der Waals surface area contributed by atoms with E-state index in [4.69, 9.17) is 9.84 Å². The molecule has 0 aliphatic carbocycles. The average Bonchev–Trinajstić information content (AvgIpc) is 3.45. The molecule has 190 valence electrons. The summed E-state index contributed by atoms with van der Waals surface area (Å²) < 4.78 is 7.41. The lowest BCUT2D eigenvalue weighted by atomic mass is 10.0. The summed E-state index contributed by atoms with van der Waals surface area (Å²) in [4.78, 5) is 34.2. The summed E-state index contributed by atoms with van der Waals surface area (Å²) >= 11 is 0. The summed E-state index contributed by atoms with van der Waals surface area (Å²) in [7, 11) is 0. The zero-order valence-corrected chi connectivity index (χ0v) is 21.1. The maximum atomic E-state index is 13.5. The first kappa shape index (κ1) is 23.5. The van der Waals surface area contributed by atoms with E-state index >= 15 is 0 Å². The molecule has 4 heterocycles. The van der Waals surface area contributed by atoms with E-state index in [1.165, 1.54) is 0 Å². The first-order valence-electron chi connectivity index (χ1n) is 12.9. The van der Waals surface area contributed by atoms with Crippen LogP contribution in [0.4, 0.5) is 0 Å². The van der Waals surface area contributed by atoms with Crippen LogP contribution in [0.15, 0.2) is 54.6 Å². The van der Waals surface area contributed by atoms with Gasteiger partial charge in [0.2, 0.25) is 5.91 Å². The van der Waals surface area contributed by atoms with E-state index in [1.54, 1.807) is 0 Å². The van der Waals surface area contributed by atoms with E-state index in [2.05, 4.69) is 23.2 Å². The third-order valence-corrected chi connectivity index (χ3v) is 7.52. The average molecular weight is 498 g/mol. The van der Waals surface area contributed by atoms with Gasteiger partial charge in [0.1, 0.15) is 0 Å². The molecule has 0 unspecified atom stereocenters. The van der Waals surface area contributed by atoms with Crippen molar-refractivity contribution in [3.63, 3.8) is 0 Å². The maximum Gasteiger partial charge on any atom is 0.274 e. The van der Waals surface area contributed by atoms with Crippen LogP contribution < -0.4 is 0 Å². The Kier molecular flexibility index (Phi) is 6.26. The summed E-state index contributed by atoms with van der Waals surface area (Å²) in [6.07, 6.45) is 1.00. The lowest BCUT2D eigenvalue weighted by Gasteiger charge is -2.29. The van der Waals surface area contributed by atoms with E-state index in [9.17, 15) is 9.59 Å². The normalized spacial score (nSPS) is 15.7. The molecule has 0 radical (unpaired) electrons.